The highest BCUT2D eigenvalue weighted by molar-refractivity contribution is 6.23. The van der Waals surface area contributed by atoms with E-state index < -0.39 is 0 Å². The van der Waals surface area contributed by atoms with Crippen molar-refractivity contribution >= 4 is 38.1 Å². The van der Waals surface area contributed by atoms with E-state index in [4.69, 9.17) is 0 Å². The van der Waals surface area contributed by atoms with Crippen LogP contribution >= 0.6 is 0 Å². The number of Topliss-reactive ketones (excluding diaryl/α,β-unsaturated/α-hetero) is 1. The number of ketones is 1. The molecule has 0 bridgehead atoms. The highest BCUT2D eigenvalue weighted by Gasteiger charge is 2.27. The molecule has 0 radical (unpaired) electrons. The van der Waals surface area contributed by atoms with E-state index in [9.17, 15) is 4.79 Å². The van der Waals surface area contributed by atoms with Gasteiger partial charge in [0.2, 0.25) is 0 Å². The Balaban J connectivity index is 1.69. The number of carbonyl (C=O) groups excluding carboxylic acids is 1. The maximum atomic E-state index is 11.6. The lowest BCUT2D eigenvalue weighted by Crippen LogP contribution is -2.25. The Morgan fingerprint density at radius 2 is 1.52 bits per heavy atom. The lowest BCUT2D eigenvalue weighted by molar-refractivity contribution is -0.129. The zero-order valence-corrected chi connectivity index (χ0v) is 13.0. The van der Waals surface area contributed by atoms with Gasteiger partial charge in [-0.25, -0.2) is 0 Å². The fraction of sp³-hybridized carbons (Fsp3) is 0.227. The van der Waals surface area contributed by atoms with Crippen molar-refractivity contribution in [3.63, 3.8) is 0 Å². The Labute approximate surface area is 135 Å². The molecule has 1 heteroatoms. The lowest BCUT2D eigenvalue weighted by Gasteiger charge is -2.24. The molecule has 1 atom stereocenters. The summed E-state index contributed by atoms with van der Waals surface area (Å²) in [6, 6.07) is 20.0. The van der Waals surface area contributed by atoms with Gasteiger partial charge < -0.3 is 0 Å². The van der Waals surface area contributed by atoms with Crippen molar-refractivity contribution in [3.8, 4) is 0 Å². The van der Waals surface area contributed by atoms with Crippen LogP contribution in [-0.2, 0) is 11.2 Å². The summed E-state index contributed by atoms with van der Waals surface area (Å²) in [5, 5.41) is 8.06. The van der Waals surface area contributed by atoms with E-state index in [1.165, 1.54) is 37.9 Å². The van der Waals surface area contributed by atoms with Gasteiger partial charge in [0.1, 0.15) is 5.78 Å². The fourth-order valence-corrected chi connectivity index (χ4v) is 4.12. The van der Waals surface area contributed by atoms with E-state index in [-0.39, 0.29) is 0 Å². The molecule has 0 saturated heterocycles. The average molecular weight is 298 g/mol. The van der Waals surface area contributed by atoms with Gasteiger partial charge in [0, 0.05) is 12.3 Å². The van der Waals surface area contributed by atoms with Gasteiger partial charge in [-0.3, -0.25) is 4.79 Å². The molecular formula is C22H18O. The molecule has 1 aliphatic rings. The molecule has 0 aliphatic heterocycles. The van der Waals surface area contributed by atoms with Gasteiger partial charge in [-0.1, -0.05) is 54.6 Å². The standard InChI is InChI=1S/C22H18O/c23-20-13-11-15(20)6-4-14-5-7-18-9-8-16-2-1-3-17-10-12-19(14)22(18)21(16)17/h1-3,5,7-10,12,15H,4,6,11,13H2. The summed E-state index contributed by atoms with van der Waals surface area (Å²) in [7, 11) is 0. The Bertz CT molecular complexity index is 1030. The first-order valence-corrected chi connectivity index (χ1v) is 8.49. The minimum Gasteiger partial charge on any atom is -0.299 e. The maximum absolute atomic E-state index is 11.6. The van der Waals surface area contributed by atoms with E-state index in [2.05, 4.69) is 54.6 Å². The second-order valence-electron chi connectivity index (χ2n) is 6.82. The molecule has 0 heterocycles. The Morgan fingerprint density at radius 1 is 0.826 bits per heavy atom. The second kappa shape index (κ2) is 4.79. The molecule has 23 heavy (non-hydrogen) atoms. The quantitative estimate of drug-likeness (QED) is 0.457. The van der Waals surface area contributed by atoms with E-state index in [1.54, 1.807) is 0 Å². The van der Waals surface area contributed by atoms with Gasteiger partial charge in [0.05, 0.1) is 0 Å². The predicted octanol–water partition coefficient (Wildman–Crippen LogP) is 5.50. The summed E-state index contributed by atoms with van der Waals surface area (Å²) in [5.74, 6) is 0.774. The highest BCUT2D eigenvalue weighted by atomic mass is 16.1. The number of benzene rings is 4. The molecule has 5 rings (SSSR count). The van der Waals surface area contributed by atoms with Gasteiger partial charge in [0.25, 0.3) is 0 Å². The van der Waals surface area contributed by atoms with Crippen molar-refractivity contribution in [1.82, 2.24) is 0 Å². The molecule has 1 unspecified atom stereocenters. The molecule has 0 amide bonds. The van der Waals surface area contributed by atoms with Gasteiger partial charge in [-0.15, -0.1) is 0 Å². The van der Waals surface area contributed by atoms with Crippen molar-refractivity contribution in [2.45, 2.75) is 25.7 Å². The van der Waals surface area contributed by atoms with Crippen LogP contribution in [0.15, 0.2) is 54.6 Å². The Morgan fingerprint density at radius 3 is 2.22 bits per heavy atom. The molecule has 1 nitrogen and oxygen atoms in total. The lowest BCUT2D eigenvalue weighted by atomic mass is 9.79. The number of hydrogen-bond acceptors (Lipinski definition) is 1. The van der Waals surface area contributed by atoms with Gasteiger partial charge >= 0.3 is 0 Å². The molecule has 1 fully saturated rings. The number of rotatable bonds is 3. The Hall–Kier alpha value is -2.41. The van der Waals surface area contributed by atoms with Gasteiger partial charge in [-0.05, 0) is 57.1 Å². The third-order valence-corrected chi connectivity index (χ3v) is 5.58. The van der Waals surface area contributed by atoms with Crippen LogP contribution in [0.5, 0.6) is 0 Å². The first-order valence-electron chi connectivity index (χ1n) is 8.49. The number of hydrogen-bond donors (Lipinski definition) is 0. The SMILES string of the molecule is O=C1CCC1CCc1ccc2ccc3cccc4ccc1c2c34. The summed E-state index contributed by atoms with van der Waals surface area (Å²) in [6.07, 6.45) is 3.89. The van der Waals surface area contributed by atoms with Crippen LogP contribution in [0, 0.1) is 5.92 Å². The maximum Gasteiger partial charge on any atom is 0.136 e. The number of aryl methyl sites for hydroxylation is 1. The second-order valence-corrected chi connectivity index (χ2v) is 6.82. The average Bonchev–Trinajstić information content (AvgIpc) is 2.59. The molecule has 4 aromatic carbocycles. The van der Waals surface area contributed by atoms with Crippen molar-refractivity contribution in [3.05, 3.63) is 60.2 Å². The normalized spacial score (nSPS) is 18.1. The summed E-state index contributed by atoms with van der Waals surface area (Å²) in [6.45, 7) is 0. The smallest absolute Gasteiger partial charge is 0.136 e. The molecule has 4 aromatic rings. The van der Waals surface area contributed by atoms with E-state index in [0.717, 1.165) is 25.7 Å². The molecule has 0 N–H and O–H groups in total. The van der Waals surface area contributed by atoms with E-state index >= 15 is 0 Å². The topological polar surface area (TPSA) is 17.1 Å². The first-order chi connectivity index (χ1) is 11.3. The molecule has 0 aromatic heterocycles. The summed E-state index contributed by atoms with van der Waals surface area (Å²) in [4.78, 5) is 11.6. The molecule has 1 saturated carbocycles. The number of carbonyl (C=O) groups is 1. The third kappa shape index (κ3) is 1.89. The van der Waals surface area contributed by atoms with Crippen LogP contribution in [0.25, 0.3) is 32.3 Å². The molecule has 1 aliphatic carbocycles. The predicted molar refractivity (Wildman–Crippen MR) is 96.2 cm³/mol. The first kappa shape index (κ1) is 13.1. The van der Waals surface area contributed by atoms with Crippen molar-refractivity contribution in [2.75, 3.05) is 0 Å². The van der Waals surface area contributed by atoms with E-state index in [1.807, 2.05) is 0 Å². The molecular weight excluding hydrogens is 280 g/mol. The van der Waals surface area contributed by atoms with Crippen LogP contribution in [0.4, 0.5) is 0 Å². The zero-order chi connectivity index (χ0) is 15.4. The van der Waals surface area contributed by atoms with Crippen LogP contribution in [0.3, 0.4) is 0 Å². The van der Waals surface area contributed by atoms with Crippen LogP contribution in [-0.4, -0.2) is 5.78 Å². The Kier molecular flexibility index (Phi) is 2.72. The summed E-state index contributed by atoms with van der Waals surface area (Å²) in [5.41, 5.74) is 1.38. The van der Waals surface area contributed by atoms with Crippen LogP contribution in [0.1, 0.15) is 24.8 Å². The van der Waals surface area contributed by atoms with Crippen LogP contribution < -0.4 is 0 Å². The summed E-state index contributed by atoms with van der Waals surface area (Å²) < 4.78 is 0. The summed E-state index contributed by atoms with van der Waals surface area (Å²) >= 11 is 0. The minimum atomic E-state index is 0.313. The third-order valence-electron chi connectivity index (χ3n) is 5.58. The monoisotopic (exact) mass is 298 g/mol. The van der Waals surface area contributed by atoms with Crippen molar-refractivity contribution in [1.29, 1.82) is 0 Å². The fourth-order valence-electron chi connectivity index (χ4n) is 4.12. The largest absolute Gasteiger partial charge is 0.299 e. The molecule has 112 valence electrons. The highest BCUT2D eigenvalue weighted by Crippen LogP contribution is 2.37. The minimum absolute atomic E-state index is 0.313. The van der Waals surface area contributed by atoms with E-state index in [0.29, 0.717) is 11.7 Å². The van der Waals surface area contributed by atoms with Crippen LogP contribution in [0.2, 0.25) is 0 Å². The van der Waals surface area contributed by atoms with Crippen molar-refractivity contribution in [2.24, 2.45) is 5.92 Å². The zero-order valence-electron chi connectivity index (χ0n) is 13.0. The van der Waals surface area contributed by atoms with Crippen molar-refractivity contribution < 1.29 is 4.79 Å². The van der Waals surface area contributed by atoms with Gasteiger partial charge in [0.15, 0.2) is 0 Å². The molecule has 0 spiro atoms. The van der Waals surface area contributed by atoms with Gasteiger partial charge in [-0.2, -0.15) is 0 Å².